The molecule has 0 aliphatic heterocycles. The first kappa shape index (κ1) is 19.0. The molecule has 1 heterocycles. The number of hydrogen-bond acceptors (Lipinski definition) is 5. The maximum absolute atomic E-state index is 13.7. The lowest BCUT2D eigenvalue weighted by molar-refractivity contribution is -0.133. The monoisotopic (exact) mass is 385 g/mol. The van der Waals surface area contributed by atoms with Gasteiger partial charge >= 0.3 is 17.1 Å². The van der Waals surface area contributed by atoms with E-state index in [0.717, 1.165) is 0 Å². The molecule has 3 aromatic rings. The van der Waals surface area contributed by atoms with Crippen LogP contribution in [0.15, 0.2) is 52.1 Å². The Morgan fingerprint density at radius 1 is 1.04 bits per heavy atom. The molecule has 2 aromatic carbocycles. The third kappa shape index (κ3) is 4.14. The minimum absolute atomic E-state index is 0.0353. The number of fused-ring (bicyclic) bond motifs is 1. The van der Waals surface area contributed by atoms with Gasteiger partial charge in [-0.1, -0.05) is 18.2 Å². The summed E-state index contributed by atoms with van der Waals surface area (Å²) in [7, 11) is 1.47. The fraction of sp³-hybridized carbons (Fsp3) is 0.158. The highest BCUT2D eigenvalue weighted by Gasteiger charge is 2.15. The van der Waals surface area contributed by atoms with Gasteiger partial charge in [0.25, 0.3) is 5.91 Å². The van der Waals surface area contributed by atoms with E-state index in [2.05, 4.69) is 9.97 Å². The minimum atomic E-state index is -0.844. The van der Waals surface area contributed by atoms with E-state index in [0.29, 0.717) is 11.1 Å². The maximum atomic E-state index is 13.7. The first-order valence-electron chi connectivity index (χ1n) is 8.26. The fourth-order valence-corrected chi connectivity index (χ4v) is 2.53. The SMILES string of the molecule is CN(Cc1ccccc1F)C(=O)COC(=O)c1ccc2[nH]c(=O)c(=O)[nH]c2c1. The second kappa shape index (κ2) is 7.87. The number of rotatable bonds is 5. The molecule has 1 aromatic heterocycles. The van der Waals surface area contributed by atoms with Crippen LogP contribution in [0.5, 0.6) is 0 Å². The van der Waals surface area contributed by atoms with E-state index in [4.69, 9.17) is 4.74 Å². The van der Waals surface area contributed by atoms with Crippen LogP contribution in [0.2, 0.25) is 0 Å². The van der Waals surface area contributed by atoms with E-state index in [1.807, 2.05) is 0 Å². The van der Waals surface area contributed by atoms with Gasteiger partial charge in [0.15, 0.2) is 6.61 Å². The summed E-state index contributed by atoms with van der Waals surface area (Å²) in [4.78, 5) is 52.9. The summed E-state index contributed by atoms with van der Waals surface area (Å²) in [6, 6.07) is 10.2. The third-order valence-corrected chi connectivity index (χ3v) is 4.08. The van der Waals surface area contributed by atoms with Crippen LogP contribution in [0.1, 0.15) is 15.9 Å². The van der Waals surface area contributed by atoms with Gasteiger partial charge in [0.05, 0.1) is 16.6 Å². The van der Waals surface area contributed by atoms with Gasteiger partial charge in [-0.2, -0.15) is 0 Å². The van der Waals surface area contributed by atoms with Crippen LogP contribution in [0.4, 0.5) is 4.39 Å². The Kier molecular flexibility index (Phi) is 5.35. The van der Waals surface area contributed by atoms with Crippen molar-refractivity contribution in [1.29, 1.82) is 0 Å². The summed E-state index contributed by atoms with van der Waals surface area (Å²) >= 11 is 0. The lowest BCUT2D eigenvalue weighted by atomic mass is 10.2. The summed E-state index contributed by atoms with van der Waals surface area (Å²) in [6.45, 7) is -0.488. The smallest absolute Gasteiger partial charge is 0.338 e. The van der Waals surface area contributed by atoms with Gasteiger partial charge in [0.2, 0.25) is 0 Å². The molecular formula is C19H16FN3O5. The summed E-state index contributed by atoms with van der Waals surface area (Å²) in [5.74, 6) is -1.71. The zero-order valence-electron chi connectivity index (χ0n) is 14.8. The summed E-state index contributed by atoms with van der Waals surface area (Å²) in [5, 5.41) is 0. The van der Waals surface area contributed by atoms with Crippen molar-refractivity contribution in [3.8, 4) is 0 Å². The molecule has 1 amide bonds. The molecule has 0 bridgehead atoms. The largest absolute Gasteiger partial charge is 0.452 e. The molecule has 0 fully saturated rings. The van der Waals surface area contributed by atoms with E-state index in [9.17, 15) is 23.6 Å². The lowest BCUT2D eigenvalue weighted by Gasteiger charge is -2.17. The molecular weight excluding hydrogens is 369 g/mol. The van der Waals surface area contributed by atoms with Gasteiger partial charge in [-0.3, -0.25) is 14.4 Å². The molecule has 28 heavy (non-hydrogen) atoms. The first-order chi connectivity index (χ1) is 13.3. The molecule has 2 N–H and O–H groups in total. The van der Waals surface area contributed by atoms with Crippen molar-refractivity contribution in [2.45, 2.75) is 6.54 Å². The average Bonchev–Trinajstić information content (AvgIpc) is 2.68. The normalized spacial score (nSPS) is 10.6. The zero-order chi connectivity index (χ0) is 20.3. The van der Waals surface area contributed by atoms with Gasteiger partial charge in [-0.15, -0.1) is 0 Å². The molecule has 0 spiro atoms. The number of aromatic amines is 2. The van der Waals surface area contributed by atoms with Gasteiger partial charge in [-0.25, -0.2) is 9.18 Å². The standard InChI is InChI=1S/C19H16FN3O5/c1-23(9-12-4-2-3-5-13(12)20)16(24)10-28-19(27)11-6-7-14-15(8-11)22-18(26)17(25)21-14/h2-8H,9-10H2,1H3,(H,21,25)(H,22,26). The molecule has 0 saturated carbocycles. The van der Waals surface area contributed by atoms with Crippen LogP contribution in [0.25, 0.3) is 11.0 Å². The Hall–Kier alpha value is -3.75. The van der Waals surface area contributed by atoms with Gasteiger partial charge < -0.3 is 19.6 Å². The van der Waals surface area contributed by atoms with Crippen molar-refractivity contribution in [2.75, 3.05) is 13.7 Å². The number of carbonyl (C=O) groups is 2. The van der Waals surface area contributed by atoms with Crippen LogP contribution in [-0.4, -0.2) is 40.4 Å². The average molecular weight is 385 g/mol. The number of carbonyl (C=O) groups excluding carboxylic acids is 2. The quantitative estimate of drug-likeness (QED) is 0.506. The fourth-order valence-electron chi connectivity index (χ4n) is 2.53. The number of nitrogens with zero attached hydrogens (tertiary/aromatic N) is 1. The van der Waals surface area contributed by atoms with Crippen LogP contribution < -0.4 is 11.1 Å². The Morgan fingerprint density at radius 2 is 1.71 bits per heavy atom. The van der Waals surface area contributed by atoms with E-state index < -0.39 is 35.4 Å². The van der Waals surface area contributed by atoms with Gasteiger partial charge in [0, 0.05) is 19.2 Å². The minimum Gasteiger partial charge on any atom is -0.452 e. The second-order valence-electron chi connectivity index (χ2n) is 6.09. The predicted octanol–water partition coefficient (Wildman–Crippen LogP) is 1.17. The van der Waals surface area contributed by atoms with Crippen LogP contribution in [0, 0.1) is 5.82 Å². The number of halogens is 1. The van der Waals surface area contributed by atoms with Crippen molar-refractivity contribution < 1.29 is 18.7 Å². The summed E-state index contributed by atoms with van der Waals surface area (Å²) in [5.41, 5.74) is -0.602. The Labute approximate surface area is 157 Å². The highest BCUT2D eigenvalue weighted by atomic mass is 19.1. The molecule has 0 unspecified atom stereocenters. The number of esters is 1. The number of nitrogens with one attached hydrogen (secondary N) is 2. The van der Waals surface area contributed by atoms with Crippen molar-refractivity contribution >= 4 is 22.9 Å². The maximum Gasteiger partial charge on any atom is 0.338 e. The highest BCUT2D eigenvalue weighted by molar-refractivity contribution is 5.94. The molecule has 0 saturated heterocycles. The van der Waals surface area contributed by atoms with E-state index in [1.165, 1.54) is 36.2 Å². The van der Waals surface area contributed by atoms with Crippen molar-refractivity contribution in [2.24, 2.45) is 0 Å². The van der Waals surface area contributed by atoms with Crippen molar-refractivity contribution in [3.05, 3.63) is 80.1 Å². The molecule has 0 aliphatic carbocycles. The predicted molar refractivity (Wildman–Crippen MR) is 98.3 cm³/mol. The second-order valence-corrected chi connectivity index (χ2v) is 6.09. The topological polar surface area (TPSA) is 112 Å². The van der Waals surface area contributed by atoms with Crippen molar-refractivity contribution in [3.63, 3.8) is 0 Å². The number of benzene rings is 2. The summed E-state index contributed by atoms with van der Waals surface area (Å²) in [6.07, 6.45) is 0. The molecule has 0 radical (unpaired) electrons. The number of likely N-dealkylation sites (N-methyl/N-ethyl adjacent to an activating group) is 1. The van der Waals surface area contributed by atoms with Crippen LogP contribution in [0.3, 0.4) is 0 Å². The number of amides is 1. The van der Waals surface area contributed by atoms with E-state index in [-0.39, 0.29) is 17.6 Å². The van der Waals surface area contributed by atoms with Gasteiger partial charge in [-0.05, 0) is 24.3 Å². The van der Waals surface area contributed by atoms with Crippen LogP contribution in [-0.2, 0) is 16.1 Å². The van der Waals surface area contributed by atoms with Crippen molar-refractivity contribution in [1.82, 2.24) is 14.9 Å². The summed E-state index contributed by atoms with van der Waals surface area (Å²) < 4.78 is 18.7. The highest BCUT2D eigenvalue weighted by Crippen LogP contribution is 2.11. The molecule has 0 atom stereocenters. The number of hydrogen-bond donors (Lipinski definition) is 2. The molecule has 0 aliphatic rings. The van der Waals surface area contributed by atoms with Gasteiger partial charge in [0.1, 0.15) is 5.82 Å². The molecule has 8 nitrogen and oxygen atoms in total. The number of H-pyrrole nitrogens is 2. The lowest BCUT2D eigenvalue weighted by Crippen LogP contribution is -2.31. The van der Waals surface area contributed by atoms with E-state index >= 15 is 0 Å². The first-order valence-corrected chi connectivity index (χ1v) is 8.26. The Balaban J connectivity index is 1.64. The van der Waals surface area contributed by atoms with E-state index in [1.54, 1.807) is 18.2 Å². The number of aromatic nitrogens is 2. The molecule has 3 rings (SSSR count). The zero-order valence-corrected chi connectivity index (χ0v) is 14.8. The number of ether oxygens (including phenoxy) is 1. The van der Waals surface area contributed by atoms with Crippen LogP contribution >= 0.6 is 0 Å². The third-order valence-electron chi connectivity index (χ3n) is 4.08. The molecule has 144 valence electrons. The Morgan fingerprint density at radius 3 is 2.43 bits per heavy atom. The molecule has 9 heteroatoms. The Bertz CT molecular complexity index is 1170.